The molecule has 8 rings (SSSR count). The minimum atomic E-state index is -0.188. The zero-order valence-corrected chi connectivity index (χ0v) is 23.1. The SMILES string of the molecule is CCCCN1C(=O)c2cc(N3c4ccccc4C4C=CC=CC43)c(-n3c4c(c5ccccc53)CCC=C4)cc2C1=O. The number of nitrogens with zero attached hydrogens (tertiary/aromatic N) is 3. The van der Waals surface area contributed by atoms with Crippen molar-refractivity contribution in [1.82, 2.24) is 9.47 Å². The van der Waals surface area contributed by atoms with E-state index in [1.807, 2.05) is 12.1 Å². The Kier molecular flexibility index (Phi) is 5.43. The van der Waals surface area contributed by atoms with Crippen molar-refractivity contribution in [3.05, 3.63) is 119 Å². The number of carbonyl (C=O) groups excluding carboxylic acids is 2. The van der Waals surface area contributed by atoms with Gasteiger partial charge in [0.05, 0.1) is 34.1 Å². The van der Waals surface area contributed by atoms with Gasteiger partial charge in [-0.15, -0.1) is 0 Å². The van der Waals surface area contributed by atoms with Crippen molar-refractivity contribution in [1.29, 1.82) is 0 Å². The predicted molar refractivity (Wildman–Crippen MR) is 164 cm³/mol. The second-order valence-corrected chi connectivity index (χ2v) is 11.4. The van der Waals surface area contributed by atoms with E-state index in [-0.39, 0.29) is 23.8 Å². The molecule has 0 N–H and O–H groups in total. The molecule has 2 aliphatic carbocycles. The summed E-state index contributed by atoms with van der Waals surface area (Å²) in [6.45, 7) is 2.53. The second-order valence-electron chi connectivity index (χ2n) is 11.4. The van der Waals surface area contributed by atoms with Crippen molar-refractivity contribution in [2.75, 3.05) is 11.4 Å². The van der Waals surface area contributed by atoms with E-state index >= 15 is 0 Å². The molecule has 0 saturated carbocycles. The van der Waals surface area contributed by atoms with E-state index in [9.17, 15) is 9.59 Å². The lowest BCUT2D eigenvalue weighted by atomic mass is 9.91. The number of anilines is 2. The number of imide groups is 1. The summed E-state index contributed by atoms with van der Waals surface area (Å²) in [5, 5.41) is 1.24. The molecule has 4 aromatic rings. The fraction of sp³-hybridized carbons (Fsp3) is 0.222. The number of rotatable bonds is 5. The molecular weight excluding hydrogens is 506 g/mol. The average Bonchev–Trinajstić information content (AvgIpc) is 3.61. The van der Waals surface area contributed by atoms with Crippen molar-refractivity contribution in [3.63, 3.8) is 0 Å². The summed E-state index contributed by atoms with van der Waals surface area (Å²) in [5.74, 6) is -0.160. The fourth-order valence-electron chi connectivity index (χ4n) is 7.22. The molecule has 2 unspecified atom stereocenters. The highest BCUT2D eigenvalue weighted by molar-refractivity contribution is 6.22. The van der Waals surface area contributed by atoms with Gasteiger partial charge in [-0.1, -0.05) is 80.1 Å². The Morgan fingerprint density at radius 1 is 0.854 bits per heavy atom. The summed E-state index contributed by atoms with van der Waals surface area (Å²) >= 11 is 0. The first-order valence-corrected chi connectivity index (χ1v) is 14.7. The van der Waals surface area contributed by atoms with Crippen LogP contribution >= 0.6 is 0 Å². The summed E-state index contributed by atoms with van der Waals surface area (Å²) in [6, 6.07) is 21.2. The molecule has 0 spiro atoms. The molecule has 0 saturated heterocycles. The highest BCUT2D eigenvalue weighted by Crippen LogP contribution is 2.50. The maximum absolute atomic E-state index is 13.7. The van der Waals surface area contributed by atoms with Gasteiger partial charge >= 0.3 is 0 Å². The first kappa shape index (κ1) is 24.2. The summed E-state index contributed by atoms with van der Waals surface area (Å²) in [6.07, 6.45) is 16.9. The van der Waals surface area contributed by atoms with E-state index in [4.69, 9.17) is 0 Å². The number of aromatic nitrogens is 1. The molecule has 0 fully saturated rings. The smallest absolute Gasteiger partial charge is 0.261 e. The lowest BCUT2D eigenvalue weighted by molar-refractivity contribution is 0.0652. The molecular formula is C36H31N3O2. The van der Waals surface area contributed by atoms with E-state index in [1.54, 1.807) is 0 Å². The van der Waals surface area contributed by atoms with Gasteiger partial charge in [-0.3, -0.25) is 14.5 Å². The van der Waals surface area contributed by atoms with Gasteiger partial charge in [0, 0.05) is 29.2 Å². The van der Waals surface area contributed by atoms with Gasteiger partial charge in [-0.05, 0) is 60.7 Å². The molecule has 5 nitrogen and oxygen atoms in total. The molecule has 2 amide bonds. The third-order valence-corrected chi connectivity index (χ3v) is 9.12. The molecule has 2 atom stereocenters. The van der Waals surface area contributed by atoms with Crippen LogP contribution in [0.2, 0.25) is 0 Å². The summed E-state index contributed by atoms with van der Waals surface area (Å²) in [4.78, 5) is 31.2. The van der Waals surface area contributed by atoms with Gasteiger partial charge in [0.25, 0.3) is 11.8 Å². The van der Waals surface area contributed by atoms with Crippen molar-refractivity contribution >= 4 is 40.2 Å². The number of allylic oxidation sites excluding steroid dienone is 3. The molecule has 3 aromatic carbocycles. The zero-order valence-electron chi connectivity index (χ0n) is 23.1. The molecule has 1 aromatic heterocycles. The Bertz CT molecular complexity index is 1860. The molecule has 4 aliphatic rings. The average molecular weight is 538 g/mol. The molecule has 0 bridgehead atoms. The van der Waals surface area contributed by atoms with Gasteiger partial charge in [0.1, 0.15) is 0 Å². The zero-order chi connectivity index (χ0) is 27.7. The third kappa shape index (κ3) is 3.41. The van der Waals surface area contributed by atoms with Crippen LogP contribution in [0.15, 0.2) is 91.0 Å². The standard InChI is InChI=1S/C36H31N3O2/c1-2-3-20-37-35(40)27-21-33(38-29-16-8-4-12-23(29)24-13-5-9-17-30(24)38)34(22-28(27)36(37)41)39-31-18-10-6-14-25(31)26-15-7-11-19-32(26)39/h4-6,8-14,16-19,21-23,29H,2-3,7,15,20H2,1H3. The number of aryl methyl sites for hydroxylation is 1. The van der Waals surface area contributed by atoms with Crippen molar-refractivity contribution in [2.24, 2.45) is 0 Å². The van der Waals surface area contributed by atoms with Gasteiger partial charge in [-0.2, -0.15) is 0 Å². The number of benzene rings is 3. The highest BCUT2D eigenvalue weighted by Gasteiger charge is 2.42. The van der Waals surface area contributed by atoms with Gasteiger partial charge in [0.15, 0.2) is 0 Å². The van der Waals surface area contributed by atoms with Crippen LogP contribution in [0.3, 0.4) is 0 Å². The normalized spacial score (nSPS) is 20.1. The number of carbonyl (C=O) groups is 2. The Morgan fingerprint density at radius 3 is 2.46 bits per heavy atom. The van der Waals surface area contributed by atoms with Crippen molar-refractivity contribution in [2.45, 2.75) is 44.6 Å². The molecule has 0 radical (unpaired) electrons. The Morgan fingerprint density at radius 2 is 1.61 bits per heavy atom. The number of hydrogen-bond donors (Lipinski definition) is 0. The van der Waals surface area contributed by atoms with Crippen molar-refractivity contribution < 1.29 is 9.59 Å². The summed E-state index contributed by atoms with van der Waals surface area (Å²) in [7, 11) is 0. The van der Waals surface area contributed by atoms with Crippen LogP contribution in [0, 0.1) is 0 Å². The monoisotopic (exact) mass is 537 g/mol. The van der Waals surface area contributed by atoms with Crippen LogP contribution in [-0.2, 0) is 6.42 Å². The van der Waals surface area contributed by atoms with Crippen LogP contribution in [0.5, 0.6) is 0 Å². The minimum Gasteiger partial charge on any atom is -0.332 e. The Balaban J connectivity index is 1.43. The molecule has 5 heteroatoms. The maximum atomic E-state index is 13.7. The number of para-hydroxylation sites is 2. The Hall–Kier alpha value is -4.64. The molecule has 202 valence electrons. The van der Waals surface area contributed by atoms with Crippen LogP contribution in [0.1, 0.15) is 69.6 Å². The quantitative estimate of drug-likeness (QED) is 0.245. The number of unbranched alkanes of at least 4 members (excludes halogenated alkanes) is 1. The van der Waals surface area contributed by atoms with Crippen LogP contribution in [-0.4, -0.2) is 33.9 Å². The maximum Gasteiger partial charge on any atom is 0.261 e. The second kappa shape index (κ2) is 9.20. The molecule has 2 aliphatic heterocycles. The number of fused-ring (bicyclic) bond motifs is 7. The third-order valence-electron chi connectivity index (χ3n) is 9.12. The highest BCUT2D eigenvalue weighted by atomic mass is 16.2. The molecule has 3 heterocycles. The lowest BCUT2D eigenvalue weighted by Gasteiger charge is -2.31. The van der Waals surface area contributed by atoms with Crippen LogP contribution < -0.4 is 4.90 Å². The minimum absolute atomic E-state index is 0.0748. The van der Waals surface area contributed by atoms with E-state index in [2.05, 4.69) is 101 Å². The fourth-order valence-corrected chi connectivity index (χ4v) is 7.22. The van der Waals surface area contributed by atoms with Gasteiger partial charge in [0.2, 0.25) is 0 Å². The number of hydrogen-bond acceptors (Lipinski definition) is 3. The largest absolute Gasteiger partial charge is 0.332 e. The van der Waals surface area contributed by atoms with E-state index in [0.29, 0.717) is 17.7 Å². The van der Waals surface area contributed by atoms with E-state index in [1.165, 1.54) is 21.4 Å². The van der Waals surface area contributed by atoms with Crippen molar-refractivity contribution in [3.8, 4) is 5.69 Å². The Labute approximate surface area is 239 Å². The first-order valence-electron chi connectivity index (χ1n) is 14.7. The van der Waals surface area contributed by atoms with Crippen LogP contribution in [0.4, 0.5) is 11.4 Å². The van der Waals surface area contributed by atoms with Crippen LogP contribution in [0.25, 0.3) is 22.7 Å². The van der Waals surface area contributed by atoms with Gasteiger partial charge in [-0.25, -0.2) is 0 Å². The van der Waals surface area contributed by atoms with Gasteiger partial charge < -0.3 is 9.47 Å². The van der Waals surface area contributed by atoms with E-state index in [0.717, 1.165) is 54.0 Å². The summed E-state index contributed by atoms with van der Waals surface area (Å²) in [5.41, 5.74) is 8.91. The predicted octanol–water partition coefficient (Wildman–Crippen LogP) is 7.72. The lowest BCUT2D eigenvalue weighted by Crippen LogP contribution is -2.30. The summed E-state index contributed by atoms with van der Waals surface area (Å²) < 4.78 is 2.32. The first-order chi connectivity index (χ1) is 20.2. The number of amides is 2. The topological polar surface area (TPSA) is 45.6 Å². The van der Waals surface area contributed by atoms with E-state index < -0.39 is 0 Å². The molecule has 41 heavy (non-hydrogen) atoms.